The van der Waals surface area contributed by atoms with E-state index < -0.39 is 0 Å². The van der Waals surface area contributed by atoms with Crippen LogP contribution in [0.15, 0.2) is 48.7 Å². The van der Waals surface area contributed by atoms with Gasteiger partial charge in [-0.05, 0) is 69.8 Å². The SMILES string of the molecule is C=C/C(=C\C)C1(N(C)C)CCC2(CC1)CC(=O)N(CC(=O)Nc1ccccn1)C2. The van der Waals surface area contributed by atoms with Crippen molar-refractivity contribution >= 4 is 17.6 Å². The fourth-order valence-electron chi connectivity index (χ4n) is 5.02. The number of likely N-dealkylation sites (N-methyl/N-ethyl adjacent to an activating group) is 1. The molecule has 3 rings (SSSR count). The zero-order chi connectivity index (χ0) is 21.1. The molecule has 1 saturated heterocycles. The van der Waals surface area contributed by atoms with Crippen LogP contribution in [0.1, 0.15) is 39.0 Å². The van der Waals surface area contributed by atoms with Gasteiger partial charge in [0.15, 0.2) is 0 Å². The number of anilines is 1. The van der Waals surface area contributed by atoms with E-state index in [1.165, 1.54) is 5.57 Å². The van der Waals surface area contributed by atoms with Crippen LogP contribution in [-0.4, -0.2) is 59.3 Å². The maximum atomic E-state index is 12.7. The Kier molecular flexibility index (Phi) is 6.22. The monoisotopic (exact) mass is 396 g/mol. The zero-order valence-electron chi connectivity index (χ0n) is 17.8. The topological polar surface area (TPSA) is 65.5 Å². The summed E-state index contributed by atoms with van der Waals surface area (Å²) >= 11 is 0. The van der Waals surface area contributed by atoms with E-state index in [1.54, 1.807) is 23.2 Å². The molecule has 1 aliphatic heterocycles. The minimum Gasteiger partial charge on any atom is -0.333 e. The maximum absolute atomic E-state index is 12.7. The predicted octanol–water partition coefficient (Wildman–Crippen LogP) is 3.25. The average molecular weight is 397 g/mol. The Morgan fingerprint density at radius 2 is 2.03 bits per heavy atom. The van der Waals surface area contributed by atoms with E-state index in [4.69, 9.17) is 0 Å². The van der Waals surface area contributed by atoms with Crippen molar-refractivity contribution in [2.24, 2.45) is 5.41 Å². The number of hydrogen-bond acceptors (Lipinski definition) is 4. The Labute approximate surface area is 173 Å². The van der Waals surface area contributed by atoms with Crippen LogP contribution in [0.4, 0.5) is 5.82 Å². The molecule has 0 bridgehead atoms. The van der Waals surface area contributed by atoms with Crippen LogP contribution in [-0.2, 0) is 9.59 Å². The first-order valence-electron chi connectivity index (χ1n) is 10.3. The van der Waals surface area contributed by atoms with Crippen LogP contribution < -0.4 is 5.32 Å². The molecule has 29 heavy (non-hydrogen) atoms. The highest BCUT2D eigenvalue weighted by Gasteiger charge is 2.50. The number of carbonyl (C=O) groups is 2. The molecule has 6 heteroatoms. The summed E-state index contributed by atoms with van der Waals surface area (Å²) in [5, 5.41) is 2.77. The van der Waals surface area contributed by atoms with E-state index in [0.717, 1.165) is 25.7 Å². The zero-order valence-corrected chi connectivity index (χ0v) is 17.8. The summed E-state index contributed by atoms with van der Waals surface area (Å²) in [5.74, 6) is 0.388. The van der Waals surface area contributed by atoms with Crippen molar-refractivity contribution in [2.75, 3.05) is 32.5 Å². The summed E-state index contributed by atoms with van der Waals surface area (Å²) in [6, 6.07) is 5.36. The lowest BCUT2D eigenvalue weighted by atomic mass is 9.64. The van der Waals surface area contributed by atoms with Crippen molar-refractivity contribution in [3.63, 3.8) is 0 Å². The number of rotatable bonds is 6. The molecule has 2 fully saturated rings. The lowest BCUT2D eigenvalue weighted by Crippen LogP contribution is -2.50. The number of nitrogens with one attached hydrogen (secondary N) is 1. The quantitative estimate of drug-likeness (QED) is 0.750. The van der Waals surface area contributed by atoms with E-state index in [9.17, 15) is 9.59 Å². The average Bonchev–Trinajstić information content (AvgIpc) is 2.99. The van der Waals surface area contributed by atoms with E-state index >= 15 is 0 Å². The number of amides is 2. The highest BCUT2D eigenvalue weighted by atomic mass is 16.2. The first kappa shape index (κ1) is 21.2. The summed E-state index contributed by atoms with van der Waals surface area (Å²) in [4.78, 5) is 33.2. The molecular formula is C23H32N4O2. The number of likely N-dealkylation sites (tertiary alicyclic amines) is 1. The van der Waals surface area contributed by atoms with Crippen molar-refractivity contribution in [3.05, 3.63) is 48.7 Å². The Morgan fingerprint density at radius 1 is 1.31 bits per heavy atom. The third-order valence-electron chi connectivity index (χ3n) is 6.73. The molecule has 1 aromatic heterocycles. The lowest BCUT2D eigenvalue weighted by molar-refractivity contribution is -0.131. The maximum Gasteiger partial charge on any atom is 0.245 e. The normalized spacial score (nSPS) is 27.5. The van der Waals surface area contributed by atoms with Gasteiger partial charge >= 0.3 is 0 Å². The minimum absolute atomic E-state index is 0.0193. The predicted molar refractivity (Wildman–Crippen MR) is 115 cm³/mol. The van der Waals surface area contributed by atoms with Gasteiger partial charge in [0.05, 0.1) is 6.54 Å². The molecule has 1 aromatic rings. The third kappa shape index (κ3) is 4.27. The highest BCUT2D eigenvalue weighted by Crippen LogP contribution is 2.50. The fraction of sp³-hybridized carbons (Fsp3) is 0.522. The Balaban J connectivity index is 1.64. The minimum atomic E-state index is -0.199. The number of aromatic nitrogens is 1. The van der Waals surface area contributed by atoms with Gasteiger partial charge in [-0.25, -0.2) is 4.98 Å². The Bertz CT molecular complexity index is 792. The molecule has 0 unspecified atom stereocenters. The summed E-state index contributed by atoms with van der Waals surface area (Å²) in [6.07, 6.45) is 10.2. The van der Waals surface area contributed by atoms with Crippen LogP contribution in [0.25, 0.3) is 0 Å². The molecule has 156 valence electrons. The van der Waals surface area contributed by atoms with E-state index in [2.05, 4.69) is 48.9 Å². The number of allylic oxidation sites excluding steroid dienone is 1. The Morgan fingerprint density at radius 3 is 2.59 bits per heavy atom. The van der Waals surface area contributed by atoms with Crippen molar-refractivity contribution < 1.29 is 9.59 Å². The highest BCUT2D eigenvalue weighted by molar-refractivity contribution is 5.94. The molecular weight excluding hydrogens is 364 g/mol. The van der Waals surface area contributed by atoms with E-state index in [1.807, 2.05) is 12.1 Å². The molecule has 6 nitrogen and oxygen atoms in total. The van der Waals surface area contributed by atoms with Gasteiger partial charge in [0.25, 0.3) is 0 Å². The summed E-state index contributed by atoms with van der Waals surface area (Å²) in [6.45, 7) is 6.81. The van der Waals surface area contributed by atoms with Crippen molar-refractivity contribution in [3.8, 4) is 0 Å². The summed E-state index contributed by atoms with van der Waals surface area (Å²) in [7, 11) is 4.25. The van der Waals surface area contributed by atoms with Crippen LogP contribution >= 0.6 is 0 Å². The second kappa shape index (κ2) is 8.49. The van der Waals surface area contributed by atoms with Crippen LogP contribution in [0.2, 0.25) is 0 Å². The van der Waals surface area contributed by atoms with Crippen molar-refractivity contribution in [2.45, 2.75) is 44.6 Å². The largest absolute Gasteiger partial charge is 0.333 e. The molecule has 1 aliphatic carbocycles. The van der Waals surface area contributed by atoms with Gasteiger partial charge in [-0.15, -0.1) is 0 Å². The van der Waals surface area contributed by atoms with Gasteiger partial charge in [0.1, 0.15) is 5.82 Å². The van der Waals surface area contributed by atoms with E-state index in [-0.39, 0.29) is 29.3 Å². The van der Waals surface area contributed by atoms with Gasteiger partial charge in [-0.3, -0.25) is 14.5 Å². The molecule has 2 heterocycles. The second-order valence-corrected chi connectivity index (χ2v) is 8.56. The molecule has 2 amide bonds. The first-order chi connectivity index (χ1) is 13.8. The molecule has 0 radical (unpaired) electrons. The molecule has 0 aromatic carbocycles. The van der Waals surface area contributed by atoms with Crippen LogP contribution in [0.3, 0.4) is 0 Å². The number of nitrogens with zero attached hydrogens (tertiary/aromatic N) is 3. The van der Waals surface area contributed by atoms with Crippen LogP contribution in [0.5, 0.6) is 0 Å². The van der Waals surface area contributed by atoms with E-state index in [0.29, 0.717) is 18.8 Å². The van der Waals surface area contributed by atoms with Gasteiger partial charge in [-0.2, -0.15) is 0 Å². The summed E-state index contributed by atoms with van der Waals surface area (Å²) in [5.41, 5.74) is 1.21. The molecule has 0 atom stereocenters. The first-order valence-corrected chi connectivity index (χ1v) is 10.3. The van der Waals surface area contributed by atoms with Crippen LogP contribution in [0, 0.1) is 5.41 Å². The third-order valence-corrected chi connectivity index (χ3v) is 6.73. The Hall–Kier alpha value is -2.47. The molecule has 1 saturated carbocycles. The standard InChI is InChI=1S/C23H32N4O2/c1-5-18(6-2)23(26(3)4)12-10-22(11-13-23)15-21(29)27(17-22)16-20(28)25-19-9-7-8-14-24-19/h5-9,14H,1,10-13,15-17H2,2-4H3,(H,24,25,28)/b18-6+. The fourth-order valence-corrected chi connectivity index (χ4v) is 5.02. The van der Waals surface area contributed by atoms with Gasteiger partial charge < -0.3 is 10.2 Å². The molecule has 2 aliphatic rings. The number of pyridine rings is 1. The molecule has 1 spiro atoms. The number of hydrogen-bond donors (Lipinski definition) is 1. The van der Waals surface area contributed by atoms with Crippen molar-refractivity contribution in [1.29, 1.82) is 0 Å². The second-order valence-electron chi connectivity index (χ2n) is 8.56. The van der Waals surface area contributed by atoms with Gasteiger partial charge in [-0.1, -0.05) is 24.8 Å². The number of carbonyl (C=O) groups excluding carboxylic acids is 2. The van der Waals surface area contributed by atoms with Crippen molar-refractivity contribution in [1.82, 2.24) is 14.8 Å². The van der Waals surface area contributed by atoms with Gasteiger partial charge in [0, 0.05) is 24.7 Å². The smallest absolute Gasteiger partial charge is 0.245 e. The molecule has 1 N–H and O–H groups in total. The summed E-state index contributed by atoms with van der Waals surface area (Å²) < 4.78 is 0. The lowest BCUT2D eigenvalue weighted by Gasteiger charge is -2.49. The van der Waals surface area contributed by atoms with Gasteiger partial charge in [0.2, 0.25) is 11.8 Å².